The van der Waals surface area contributed by atoms with Crippen molar-refractivity contribution >= 4 is 23.6 Å². The zero-order valence-electron chi connectivity index (χ0n) is 21.7. The van der Waals surface area contributed by atoms with Crippen molar-refractivity contribution < 1.29 is 0 Å². The van der Waals surface area contributed by atoms with E-state index in [0.717, 1.165) is 0 Å². The summed E-state index contributed by atoms with van der Waals surface area (Å²) in [4.78, 5) is 0. The van der Waals surface area contributed by atoms with Crippen molar-refractivity contribution in [1.82, 2.24) is 0 Å². The van der Waals surface area contributed by atoms with Crippen molar-refractivity contribution in [3.8, 4) is 45.3 Å². The van der Waals surface area contributed by atoms with Gasteiger partial charge >= 0.3 is 0 Å². The molecule has 184 valence electrons. The quantitative estimate of drug-likeness (QED) is 0.125. The number of rotatable bonds is 6. The van der Waals surface area contributed by atoms with E-state index < -0.39 is 8.07 Å². The molecule has 0 spiro atoms. The number of terminal acetylenes is 1. The van der Waals surface area contributed by atoms with Crippen LogP contribution >= 0.6 is 0 Å². The van der Waals surface area contributed by atoms with Crippen LogP contribution in [-0.2, 0) is 0 Å². The summed E-state index contributed by atoms with van der Waals surface area (Å²) < 4.78 is 0. The topological polar surface area (TPSA) is 0 Å². The van der Waals surface area contributed by atoms with Crippen LogP contribution in [-0.4, -0.2) is 8.07 Å². The van der Waals surface area contributed by atoms with Crippen molar-refractivity contribution in [1.29, 1.82) is 0 Å². The van der Waals surface area contributed by atoms with E-state index in [1.807, 2.05) is 18.2 Å². The molecular weight excluding hydrogens is 485 g/mol. The lowest BCUT2D eigenvalue weighted by atomic mass is 10.1. The minimum Gasteiger partial charge on any atom is -0.126 e. The highest BCUT2D eigenvalue weighted by Gasteiger charge is 2.38. The molecule has 0 saturated carbocycles. The largest absolute Gasteiger partial charge is 0.229 e. The van der Waals surface area contributed by atoms with E-state index in [9.17, 15) is 0 Å². The highest BCUT2D eigenvalue weighted by Crippen LogP contribution is 2.22. The van der Waals surface area contributed by atoms with E-state index in [4.69, 9.17) is 6.42 Å². The normalized spacial score (nSPS) is 11.1. The predicted octanol–water partition coefficient (Wildman–Crippen LogP) is 7.33. The Hall–Kier alpha value is -4.90. The summed E-state index contributed by atoms with van der Waals surface area (Å²) in [5.74, 6) is 0. The highest BCUT2D eigenvalue weighted by atomic mass is 28.3. The average Bonchev–Trinajstić information content (AvgIpc) is 3.04. The molecule has 0 heterocycles. The first kappa shape index (κ1) is 24.4. The minimum absolute atomic E-state index is 1.19. The minimum atomic E-state index is -2.74. The molecule has 0 unspecified atom stereocenters. The fraction of sp³-hybridized carbons (Fsp3) is 0. The van der Waals surface area contributed by atoms with Crippen LogP contribution < -0.4 is 15.6 Å². The summed E-state index contributed by atoms with van der Waals surface area (Å²) in [7, 11) is -2.74. The van der Waals surface area contributed by atoms with Crippen molar-refractivity contribution in [2.24, 2.45) is 0 Å². The average molecular weight is 513 g/mol. The molecule has 0 aliphatic carbocycles. The van der Waals surface area contributed by atoms with Crippen LogP contribution in [0.4, 0.5) is 0 Å². The molecule has 0 aromatic heterocycles. The van der Waals surface area contributed by atoms with Gasteiger partial charge in [0, 0.05) is 0 Å². The SMILES string of the molecule is C#C[Si](c1ccc(-c2ccccc2)cc1)(c1ccc(-c2ccccc2)cc1)c1ccc(-c2ccccc2)cc1. The maximum atomic E-state index is 6.56. The van der Waals surface area contributed by atoms with Gasteiger partial charge in [-0.1, -0.05) is 164 Å². The molecule has 6 aromatic carbocycles. The lowest BCUT2D eigenvalue weighted by Crippen LogP contribution is -2.66. The van der Waals surface area contributed by atoms with Crippen molar-refractivity contribution in [3.63, 3.8) is 0 Å². The second-order valence-electron chi connectivity index (χ2n) is 9.72. The van der Waals surface area contributed by atoms with Gasteiger partial charge < -0.3 is 0 Å². The summed E-state index contributed by atoms with van der Waals surface area (Å²) >= 11 is 0. The molecule has 0 nitrogen and oxygen atoms in total. The van der Waals surface area contributed by atoms with Crippen LogP contribution in [0.2, 0.25) is 0 Å². The van der Waals surface area contributed by atoms with Gasteiger partial charge in [-0.15, -0.1) is 12.0 Å². The van der Waals surface area contributed by atoms with Crippen LogP contribution in [0.1, 0.15) is 0 Å². The maximum absolute atomic E-state index is 6.56. The lowest BCUT2D eigenvalue weighted by Gasteiger charge is -2.28. The summed E-state index contributed by atoms with van der Waals surface area (Å²) in [5, 5.41) is 3.64. The van der Waals surface area contributed by atoms with Gasteiger partial charge in [0.1, 0.15) is 0 Å². The molecule has 0 saturated heterocycles. The van der Waals surface area contributed by atoms with Gasteiger partial charge in [-0.25, -0.2) is 0 Å². The molecule has 6 aromatic rings. The first-order valence-corrected chi connectivity index (χ1v) is 15.2. The van der Waals surface area contributed by atoms with Gasteiger partial charge in [-0.3, -0.25) is 0 Å². The van der Waals surface area contributed by atoms with Gasteiger partial charge in [0.25, 0.3) is 0 Å². The Balaban J connectivity index is 1.47. The second-order valence-corrected chi connectivity index (χ2v) is 13.2. The molecule has 0 amide bonds. The molecule has 0 atom stereocenters. The summed E-state index contributed by atoms with van der Waals surface area (Å²) in [5.41, 5.74) is 10.6. The number of benzene rings is 6. The molecule has 0 N–H and O–H groups in total. The molecule has 1 heteroatoms. The Morgan fingerprint density at radius 1 is 0.308 bits per heavy atom. The Bertz CT molecular complexity index is 1490. The summed E-state index contributed by atoms with van der Waals surface area (Å²) in [6.07, 6.45) is 6.56. The molecule has 6 rings (SSSR count). The fourth-order valence-corrected chi connectivity index (χ4v) is 8.88. The third-order valence-corrected chi connectivity index (χ3v) is 11.5. The molecule has 0 aliphatic rings. The van der Waals surface area contributed by atoms with Gasteiger partial charge in [0.15, 0.2) is 0 Å². The third-order valence-electron chi connectivity index (χ3n) is 7.49. The molecule has 0 bridgehead atoms. The van der Waals surface area contributed by atoms with E-state index in [2.05, 4.69) is 151 Å². The molecule has 0 radical (unpaired) electrons. The monoisotopic (exact) mass is 512 g/mol. The number of hydrogen-bond acceptors (Lipinski definition) is 0. The maximum Gasteiger partial charge on any atom is 0.229 e. The molecule has 39 heavy (non-hydrogen) atoms. The number of hydrogen-bond donors (Lipinski definition) is 0. The Kier molecular flexibility index (Phi) is 6.79. The van der Waals surface area contributed by atoms with Gasteiger partial charge in [-0.2, -0.15) is 0 Å². The van der Waals surface area contributed by atoms with Crippen LogP contribution in [0.15, 0.2) is 164 Å². The van der Waals surface area contributed by atoms with Gasteiger partial charge in [-0.05, 0) is 48.9 Å². The van der Waals surface area contributed by atoms with E-state index >= 15 is 0 Å². The van der Waals surface area contributed by atoms with Crippen LogP contribution in [0, 0.1) is 12.0 Å². The van der Waals surface area contributed by atoms with Crippen LogP contribution in [0.5, 0.6) is 0 Å². The summed E-state index contributed by atoms with van der Waals surface area (Å²) in [6.45, 7) is 0. The molecule has 0 fully saturated rings. The first-order chi connectivity index (χ1) is 19.3. The molecular formula is C38H28Si. The highest BCUT2D eigenvalue weighted by molar-refractivity contribution is 7.16. The zero-order valence-corrected chi connectivity index (χ0v) is 22.7. The van der Waals surface area contributed by atoms with Crippen LogP contribution in [0.3, 0.4) is 0 Å². The zero-order chi connectivity index (χ0) is 26.5. The van der Waals surface area contributed by atoms with Crippen molar-refractivity contribution in [3.05, 3.63) is 164 Å². The second kappa shape index (κ2) is 10.8. The van der Waals surface area contributed by atoms with E-state index in [-0.39, 0.29) is 0 Å². The van der Waals surface area contributed by atoms with Gasteiger partial charge in [0.2, 0.25) is 8.07 Å². The molecule has 0 aliphatic heterocycles. The standard InChI is InChI=1S/C38H28Si/c1-2-39(36-24-18-33(19-25-36)30-12-6-3-7-13-30,37-26-20-34(21-27-37)31-14-8-4-9-15-31)38-28-22-35(23-29-38)32-16-10-5-11-17-32/h1,3-29H. The third kappa shape index (κ3) is 4.75. The van der Waals surface area contributed by atoms with Crippen molar-refractivity contribution in [2.45, 2.75) is 0 Å². The fourth-order valence-electron chi connectivity index (χ4n) is 5.38. The summed E-state index contributed by atoms with van der Waals surface area (Å²) in [6, 6.07) is 58.2. The smallest absolute Gasteiger partial charge is 0.126 e. The van der Waals surface area contributed by atoms with E-state index in [1.165, 1.54) is 48.9 Å². The first-order valence-electron chi connectivity index (χ1n) is 13.2. The van der Waals surface area contributed by atoms with Gasteiger partial charge in [0.05, 0.1) is 0 Å². The predicted molar refractivity (Wildman–Crippen MR) is 169 cm³/mol. The van der Waals surface area contributed by atoms with Crippen LogP contribution in [0.25, 0.3) is 33.4 Å². The Labute approximate surface area is 232 Å². The van der Waals surface area contributed by atoms with E-state index in [1.54, 1.807) is 0 Å². The van der Waals surface area contributed by atoms with E-state index in [0.29, 0.717) is 0 Å². The van der Waals surface area contributed by atoms with Crippen molar-refractivity contribution in [2.75, 3.05) is 0 Å². The Morgan fingerprint density at radius 2 is 0.538 bits per heavy atom. The lowest BCUT2D eigenvalue weighted by molar-refractivity contribution is 1.61. The Morgan fingerprint density at radius 3 is 0.769 bits per heavy atom.